The zero-order valence-electron chi connectivity index (χ0n) is 18.4. The van der Waals surface area contributed by atoms with E-state index < -0.39 is 49.1 Å². The number of aliphatic hydroxyl groups is 2. The van der Waals surface area contributed by atoms with Crippen LogP contribution in [0.2, 0.25) is 0 Å². The molecule has 2 aliphatic heterocycles. The van der Waals surface area contributed by atoms with Crippen molar-refractivity contribution in [2.45, 2.75) is 62.5 Å². The molecule has 1 saturated heterocycles. The van der Waals surface area contributed by atoms with Crippen LogP contribution in [0.15, 0.2) is 35.3 Å². The van der Waals surface area contributed by atoms with E-state index >= 15 is 0 Å². The van der Waals surface area contributed by atoms with Gasteiger partial charge in [0.15, 0.2) is 5.78 Å². The minimum atomic E-state index is -1.99. The molecule has 0 radical (unpaired) electrons. The molecule has 5 atom stereocenters. The number of fused-ring (bicyclic) bond motifs is 2. The number of thiazole rings is 1. The largest absolute Gasteiger partial charge is 0.381 e. The lowest BCUT2D eigenvalue weighted by Gasteiger charge is -2.36. The number of hydrogen-bond donors (Lipinski definition) is 3. The average Bonchev–Trinajstić information content (AvgIpc) is 3.27. The van der Waals surface area contributed by atoms with Crippen LogP contribution in [0.3, 0.4) is 0 Å². The molecule has 1 spiro atoms. The summed E-state index contributed by atoms with van der Waals surface area (Å²) in [5, 5.41) is 25.8. The molecule has 33 heavy (non-hydrogen) atoms. The summed E-state index contributed by atoms with van der Waals surface area (Å²) < 4.78 is 11.5. The summed E-state index contributed by atoms with van der Waals surface area (Å²) in [6, 6.07) is -0.433. The maximum atomic E-state index is 13.0. The number of carbonyl (C=O) groups excluding carboxylic acids is 3. The molecule has 2 bridgehead atoms. The third-order valence-corrected chi connectivity index (χ3v) is 10.8. The zero-order chi connectivity index (χ0) is 24.4. The van der Waals surface area contributed by atoms with E-state index in [-0.39, 0.29) is 19.3 Å². The Hall–Kier alpha value is -1.92. The van der Waals surface area contributed by atoms with Crippen molar-refractivity contribution in [3.63, 3.8) is 0 Å². The van der Waals surface area contributed by atoms with Gasteiger partial charge in [-0.2, -0.15) is 0 Å². The first-order chi connectivity index (χ1) is 15.5. The van der Waals surface area contributed by atoms with Gasteiger partial charge in [0.25, 0.3) is 0 Å². The second kappa shape index (κ2) is 10.1. The number of carbonyl (C=O) groups is 3. The van der Waals surface area contributed by atoms with E-state index in [4.69, 9.17) is 0 Å². The number of aromatic nitrogens is 1. The molecule has 1 aromatic rings. The summed E-state index contributed by atoms with van der Waals surface area (Å²) in [6.45, 7) is 4.75. The molecule has 0 saturated carbocycles. The second-order valence-corrected chi connectivity index (χ2v) is 12.4. The van der Waals surface area contributed by atoms with Gasteiger partial charge in [-0.15, -0.1) is 11.3 Å². The van der Waals surface area contributed by atoms with E-state index in [1.807, 2.05) is 0 Å². The first-order valence-corrected chi connectivity index (χ1v) is 13.7. The highest BCUT2D eigenvalue weighted by molar-refractivity contribution is 8.76. The smallest absolute Gasteiger partial charge is 0.234 e. The van der Waals surface area contributed by atoms with Crippen LogP contribution in [0.4, 0.5) is 0 Å². The van der Waals surface area contributed by atoms with Crippen LogP contribution in [0.5, 0.6) is 0 Å². The van der Waals surface area contributed by atoms with E-state index in [1.165, 1.54) is 36.5 Å². The molecule has 0 aliphatic carbocycles. The molecule has 2 aliphatic rings. The minimum absolute atomic E-state index is 0.0520. The summed E-state index contributed by atoms with van der Waals surface area (Å²) in [7, 11) is -1.33. The molecular formula is C22H26N2O6S3. The van der Waals surface area contributed by atoms with Crippen molar-refractivity contribution in [1.82, 2.24) is 10.3 Å². The Kier molecular flexibility index (Phi) is 7.90. The summed E-state index contributed by atoms with van der Waals surface area (Å²) in [6.07, 6.45) is 6.07. The van der Waals surface area contributed by atoms with Gasteiger partial charge < -0.3 is 15.5 Å². The highest BCUT2D eigenvalue weighted by Crippen LogP contribution is 2.50. The molecule has 178 valence electrons. The molecule has 1 aromatic heterocycles. The highest BCUT2D eigenvalue weighted by Gasteiger charge is 2.63. The van der Waals surface area contributed by atoms with Crippen molar-refractivity contribution in [3.8, 4) is 0 Å². The fourth-order valence-corrected chi connectivity index (χ4v) is 8.39. The Morgan fingerprint density at radius 3 is 2.61 bits per heavy atom. The van der Waals surface area contributed by atoms with Crippen molar-refractivity contribution in [2.24, 2.45) is 0 Å². The Bertz CT molecular complexity index is 1070. The van der Waals surface area contributed by atoms with Gasteiger partial charge >= 0.3 is 0 Å². The van der Waals surface area contributed by atoms with Crippen molar-refractivity contribution >= 4 is 54.8 Å². The molecule has 0 aromatic carbocycles. The fourth-order valence-electron chi connectivity index (χ4n) is 3.65. The number of rotatable bonds is 0. The summed E-state index contributed by atoms with van der Waals surface area (Å²) in [5.41, 5.74) is -0.732. The topological polar surface area (TPSA) is 134 Å². The normalized spacial score (nSPS) is 34.2. The van der Waals surface area contributed by atoms with Gasteiger partial charge in [0.1, 0.15) is 21.5 Å². The summed E-state index contributed by atoms with van der Waals surface area (Å²) in [5.74, 6) is -0.969. The van der Waals surface area contributed by atoms with E-state index in [0.717, 1.165) is 0 Å². The standard InChI is InChI=1S/C22H26N2O6S3/c1-13-8-9-22(21(3,29)20(28)32-33(22)30)11-18(27)23-14(2)19-24-15(12-31-19)6-4-5-7-16(25)17(26)10-13/h4-7,10,12,14,17,26,29H,8-9,11H2,1-3H3,(H,23,27)/t14-,17-,21+,22-,33?/m1/s1. The minimum Gasteiger partial charge on any atom is -0.381 e. The van der Waals surface area contributed by atoms with Gasteiger partial charge in [0, 0.05) is 22.6 Å². The number of allylic oxidation sites excluding steroid dienone is 3. The lowest BCUT2D eigenvalue weighted by Crippen LogP contribution is -2.55. The summed E-state index contributed by atoms with van der Waals surface area (Å²) >= 11 is 1.35. The Balaban J connectivity index is 1.99. The molecule has 11 heteroatoms. The van der Waals surface area contributed by atoms with Crippen LogP contribution in [0.1, 0.15) is 56.8 Å². The second-order valence-electron chi connectivity index (χ2n) is 8.33. The van der Waals surface area contributed by atoms with Crippen molar-refractivity contribution < 1.29 is 28.8 Å². The molecular weight excluding hydrogens is 484 g/mol. The predicted molar refractivity (Wildman–Crippen MR) is 130 cm³/mol. The first-order valence-electron chi connectivity index (χ1n) is 10.3. The van der Waals surface area contributed by atoms with E-state index in [0.29, 0.717) is 27.1 Å². The number of ketones is 1. The quantitative estimate of drug-likeness (QED) is 0.358. The fraction of sp³-hybridized carbons (Fsp3) is 0.455. The number of nitrogens with zero attached hydrogens (tertiary/aromatic N) is 1. The van der Waals surface area contributed by atoms with Crippen LogP contribution in [-0.4, -0.2) is 52.7 Å². The molecule has 1 amide bonds. The van der Waals surface area contributed by atoms with Gasteiger partial charge in [-0.25, -0.2) is 9.19 Å². The molecule has 1 fully saturated rings. The van der Waals surface area contributed by atoms with Crippen molar-refractivity contribution in [2.75, 3.05) is 0 Å². The Labute approximate surface area is 202 Å². The van der Waals surface area contributed by atoms with Crippen LogP contribution in [-0.2, 0) is 24.2 Å². The molecule has 3 heterocycles. The molecule has 3 rings (SSSR count). The Morgan fingerprint density at radius 2 is 1.94 bits per heavy atom. The number of aliphatic hydroxyl groups excluding tert-OH is 1. The van der Waals surface area contributed by atoms with Gasteiger partial charge in [0.2, 0.25) is 11.0 Å². The van der Waals surface area contributed by atoms with Crippen molar-refractivity contribution in [3.05, 3.63) is 46.0 Å². The monoisotopic (exact) mass is 510 g/mol. The summed E-state index contributed by atoms with van der Waals surface area (Å²) in [4.78, 5) is 42.0. The predicted octanol–water partition coefficient (Wildman–Crippen LogP) is 2.38. The van der Waals surface area contributed by atoms with Gasteiger partial charge in [-0.1, -0.05) is 17.7 Å². The Morgan fingerprint density at radius 1 is 1.24 bits per heavy atom. The highest BCUT2D eigenvalue weighted by atomic mass is 33.1. The van der Waals surface area contributed by atoms with Crippen LogP contribution in [0, 0.1) is 0 Å². The average molecular weight is 511 g/mol. The zero-order valence-corrected chi connectivity index (χ0v) is 20.9. The molecule has 3 N–H and O–H groups in total. The maximum absolute atomic E-state index is 13.0. The van der Waals surface area contributed by atoms with Crippen molar-refractivity contribution in [1.29, 1.82) is 0 Å². The lowest BCUT2D eigenvalue weighted by molar-refractivity contribution is -0.132. The molecule has 8 nitrogen and oxygen atoms in total. The van der Waals surface area contributed by atoms with Crippen LogP contribution < -0.4 is 5.32 Å². The SMILES string of the molecule is CC1=C[C@@H](O)C(=O)C=CC=Cc2csc(n2)[C@@H](C)NC(=O)C[C@@]2(CC1)S(=O)SC(=O)[C@]2(C)O. The third kappa shape index (κ3) is 5.43. The van der Waals surface area contributed by atoms with Gasteiger partial charge in [0.05, 0.1) is 21.6 Å². The van der Waals surface area contributed by atoms with Gasteiger partial charge in [-0.05, 0) is 51.8 Å². The van der Waals surface area contributed by atoms with Gasteiger partial charge in [-0.3, -0.25) is 14.4 Å². The van der Waals surface area contributed by atoms with E-state index in [2.05, 4.69) is 10.3 Å². The van der Waals surface area contributed by atoms with Crippen LogP contribution in [0.25, 0.3) is 6.08 Å². The molecule has 1 unspecified atom stereocenters. The first kappa shape index (κ1) is 25.7. The number of nitrogens with one attached hydrogen (secondary N) is 1. The third-order valence-electron chi connectivity index (χ3n) is 5.78. The number of hydrogen-bond acceptors (Lipinski definition) is 9. The lowest BCUT2D eigenvalue weighted by atomic mass is 9.81. The van der Waals surface area contributed by atoms with E-state index in [1.54, 1.807) is 31.4 Å². The van der Waals surface area contributed by atoms with E-state index in [9.17, 15) is 28.8 Å². The maximum Gasteiger partial charge on any atom is 0.234 e. The van der Waals surface area contributed by atoms with Crippen LogP contribution >= 0.6 is 22.1 Å². The number of amides is 1.